The normalized spacial score (nSPS) is 16.5. The number of hydrogen-bond donors (Lipinski definition) is 1. The molecule has 0 saturated carbocycles. The number of halogens is 2. The quantitative estimate of drug-likeness (QED) is 0.255. The van der Waals surface area contributed by atoms with Crippen LogP contribution in [0.2, 0.25) is 5.02 Å². The Morgan fingerprint density at radius 1 is 1.27 bits per heavy atom. The highest BCUT2D eigenvalue weighted by atomic mass is 35.5. The molecular weight excluding hydrogens is 511 g/mol. The van der Waals surface area contributed by atoms with Gasteiger partial charge in [0.05, 0.1) is 24.1 Å². The third-order valence-electron chi connectivity index (χ3n) is 7.42. The van der Waals surface area contributed by atoms with Gasteiger partial charge in [-0.15, -0.1) is 11.8 Å². The summed E-state index contributed by atoms with van der Waals surface area (Å²) in [5, 5.41) is 10.6. The minimum absolute atomic E-state index is 0.0598. The number of carboxylic acid groups (broad SMARTS) is 1. The molecule has 0 radical (unpaired) electrons. The summed E-state index contributed by atoms with van der Waals surface area (Å²) in [6.45, 7) is 4.71. The average molecular weight is 545 g/mol. The number of likely N-dealkylation sites (tertiary alicyclic amines) is 1. The number of pyridine rings is 1. The second-order valence-electron chi connectivity index (χ2n) is 9.99. The Morgan fingerprint density at radius 3 is 2.76 bits per heavy atom. The number of alkyl halides is 1. The molecule has 1 aliphatic rings. The summed E-state index contributed by atoms with van der Waals surface area (Å²) >= 11 is 8.25. The molecule has 1 fully saturated rings. The summed E-state index contributed by atoms with van der Waals surface area (Å²) in [5.74, 6) is 0.773. The standard InChI is InChI=1S/C29H34ClFN2O3S/c1-20-4-3-5-22(16-20)37-15-14-33-12-10-29(11-13-33,18-27(34)35)9-8-25(31)28-23-17-21(36-2)6-7-26(23)32-19-24(28)30/h3-7,16-17,19,25H,8-15,18H2,1-2H3,(H,34,35)/t25-/m0/s1. The van der Waals surface area contributed by atoms with Gasteiger partial charge in [-0.3, -0.25) is 9.78 Å². The van der Waals surface area contributed by atoms with Gasteiger partial charge >= 0.3 is 5.97 Å². The Morgan fingerprint density at radius 2 is 2.05 bits per heavy atom. The van der Waals surface area contributed by atoms with Crippen molar-refractivity contribution in [3.05, 3.63) is 64.8 Å². The predicted molar refractivity (Wildman–Crippen MR) is 149 cm³/mol. The summed E-state index contributed by atoms with van der Waals surface area (Å²) in [7, 11) is 1.56. The number of aryl methyl sites for hydroxylation is 1. The first-order valence-corrected chi connectivity index (χ1v) is 14.0. The average Bonchev–Trinajstić information content (AvgIpc) is 2.88. The van der Waals surface area contributed by atoms with E-state index < -0.39 is 17.6 Å². The van der Waals surface area contributed by atoms with Crippen LogP contribution in [0.5, 0.6) is 5.75 Å². The first-order chi connectivity index (χ1) is 17.8. The summed E-state index contributed by atoms with van der Waals surface area (Å²) in [6.07, 6.45) is 2.44. The number of carboxylic acids is 1. The lowest BCUT2D eigenvalue weighted by Crippen LogP contribution is -2.42. The SMILES string of the molecule is COc1ccc2ncc(Cl)c([C@@H](F)CCC3(CC(=O)O)CCN(CCSc4cccc(C)c4)CC3)c2c1. The van der Waals surface area contributed by atoms with Crippen molar-refractivity contribution in [2.75, 3.05) is 32.5 Å². The second kappa shape index (κ2) is 12.5. The Kier molecular flexibility index (Phi) is 9.32. The summed E-state index contributed by atoms with van der Waals surface area (Å²) in [5.41, 5.74) is 1.90. The number of hydrogen-bond acceptors (Lipinski definition) is 5. The topological polar surface area (TPSA) is 62.7 Å². The fourth-order valence-corrected chi connectivity index (χ4v) is 6.57. The van der Waals surface area contributed by atoms with Crippen LogP contribution in [-0.4, -0.2) is 53.5 Å². The molecule has 1 aromatic heterocycles. The maximum Gasteiger partial charge on any atom is 0.303 e. The highest BCUT2D eigenvalue weighted by molar-refractivity contribution is 7.99. The van der Waals surface area contributed by atoms with Crippen LogP contribution in [0.15, 0.2) is 53.6 Å². The van der Waals surface area contributed by atoms with E-state index in [4.69, 9.17) is 16.3 Å². The molecule has 1 saturated heterocycles. The Balaban J connectivity index is 1.38. The molecular formula is C29H34ClFN2O3S. The largest absolute Gasteiger partial charge is 0.497 e. The highest BCUT2D eigenvalue weighted by Gasteiger charge is 2.37. The molecule has 198 valence electrons. The van der Waals surface area contributed by atoms with Gasteiger partial charge in [0.2, 0.25) is 0 Å². The molecule has 8 heteroatoms. The van der Waals surface area contributed by atoms with E-state index in [1.165, 1.54) is 16.7 Å². The molecule has 0 spiro atoms. The van der Waals surface area contributed by atoms with Crippen molar-refractivity contribution in [3.8, 4) is 5.75 Å². The minimum Gasteiger partial charge on any atom is -0.497 e. The van der Waals surface area contributed by atoms with Crippen LogP contribution in [0.25, 0.3) is 10.9 Å². The number of nitrogens with zero attached hydrogens (tertiary/aromatic N) is 2. The number of ether oxygens (including phenoxy) is 1. The predicted octanol–water partition coefficient (Wildman–Crippen LogP) is 7.35. The highest BCUT2D eigenvalue weighted by Crippen LogP contribution is 2.44. The maximum absolute atomic E-state index is 15.7. The summed E-state index contributed by atoms with van der Waals surface area (Å²) < 4.78 is 21.1. The molecule has 0 unspecified atom stereocenters. The van der Waals surface area contributed by atoms with E-state index in [9.17, 15) is 9.90 Å². The van der Waals surface area contributed by atoms with E-state index in [0.717, 1.165) is 38.2 Å². The van der Waals surface area contributed by atoms with Crippen molar-refractivity contribution >= 4 is 40.2 Å². The van der Waals surface area contributed by atoms with Crippen molar-refractivity contribution in [3.63, 3.8) is 0 Å². The van der Waals surface area contributed by atoms with E-state index in [0.29, 0.717) is 28.6 Å². The first-order valence-electron chi connectivity index (χ1n) is 12.7. The number of fused-ring (bicyclic) bond motifs is 1. The van der Waals surface area contributed by atoms with Gasteiger partial charge < -0.3 is 14.7 Å². The van der Waals surface area contributed by atoms with E-state index in [1.54, 1.807) is 25.3 Å². The van der Waals surface area contributed by atoms with Crippen LogP contribution < -0.4 is 4.74 Å². The first kappa shape index (κ1) is 27.7. The third kappa shape index (κ3) is 7.15. The number of benzene rings is 2. The number of rotatable bonds is 11. The van der Waals surface area contributed by atoms with Crippen LogP contribution in [0.1, 0.15) is 49.4 Å². The number of methoxy groups -OCH3 is 1. The molecule has 0 aliphatic carbocycles. The molecule has 1 aliphatic heterocycles. The van der Waals surface area contributed by atoms with Gasteiger partial charge in [-0.05, 0) is 81.4 Å². The van der Waals surface area contributed by atoms with Crippen LogP contribution in [-0.2, 0) is 4.79 Å². The monoisotopic (exact) mass is 544 g/mol. The number of piperidine rings is 1. The van der Waals surface area contributed by atoms with E-state index in [2.05, 4.69) is 41.1 Å². The maximum atomic E-state index is 15.7. The fraction of sp³-hybridized carbons (Fsp3) is 0.448. The van der Waals surface area contributed by atoms with Gasteiger partial charge in [-0.1, -0.05) is 29.3 Å². The minimum atomic E-state index is -1.32. The Hall–Kier alpha value is -2.35. The smallest absolute Gasteiger partial charge is 0.303 e. The van der Waals surface area contributed by atoms with Gasteiger partial charge in [0.1, 0.15) is 11.9 Å². The molecule has 0 bridgehead atoms. The second-order valence-corrected chi connectivity index (χ2v) is 11.6. The molecule has 1 atom stereocenters. The molecule has 1 N–H and O–H groups in total. The molecule has 5 nitrogen and oxygen atoms in total. The Bertz CT molecular complexity index is 1230. The summed E-state index contributed by atoms with van der Waals surface area (Å²) in [6, 6.07) is 13.8. The zero-order valence-corrected chi connectivity index (χ0v) is 23.0. The zero-order chi connectivity index (χ0) is 26.4. The van der Waals surface area contributed by atoms with E-state index in [1.807, 2.05) is 11.8 Å². The van der Waals surface area contributed by atoms with Crippen molar-refractivity contribution in [2.24, 2.45) is 5.41 Å². The molecule has 4 rings (SSSR count). The van der Waals surface area contributed by atoms with Gasteiger partial charge in [-0.2, -0.15) is 0 Å². The van der Waals surface area contributed by atoms with E-state index in [-0.39, 0.29) is 17.9 Å². The lowest BCUT2D eigenvalue weighted by atomic mass is 9.71. The van der Waals surface area contributed by atoms with Crippen molar-refractivity contribution < 1.29 is 19.0 Å². The third-order valence-corrected chi connectivity index (χ3v) is 8.69. The van der Waals surface area contributed by atoms with E-state index >= 15 is 4.39 Å². The number of thioether (sulfide) groups is 1. The van der Waals surface area contributed by atoms with Gasteiger partial charge in [0, 0.05) is 34.3 Å². The van der Waals surface area contributed by atoms with Crippen LogP contribution >= 0.6 is 23.4 Å². The molecule has 2 heterocycles. The molecule has 0 amide bonds. The Labute approximate surface area is 227 Å². The molecule has 37 heavy (non-hydrogen) atoms. The number of aromatic nitrogens is 1. The van der Waals surface area contributed by atoms with Crippen molar-refractivity contribution in [2.45, 2.75) is 50.1 Å². The van der Waals surface area contributed by atoms with Crippen LogP contribution in [0.4, 0.5) is 4.39 Å². The van der Waals surface area contributed by atoms with Gasteiger partial charge in [-0.25, -0.2) is 4.39 Å². The summed E-state index contributed by atoms with van der Waals surface area (Å²) in [4.78, 5) is 19.8. The van der Waals surface area contributed by atoms with Crippen LogP contribution in [0.3, 0.4) is 0 Å². The molecule has 2 aromatic carbocycles. The van der Waals surface area contributed by atoms with Gasteiger partial charge in [0.15, 0.2) is 0 Å². The van der Waals surface area contributed by atoms with Gasteiger partial charge in [0.25, 0.3) is 0 Å². The van der Waals surface area contributed by atoms with Crippen molar-refractivity contribution in [1.29, 1.82) is 0 Å². The molecule has 3 aromatic rings. The van der Waals surface area contributed by atoms with Crippen LogP contribution in [0, 0.1) is 12.3 Å². The fourth-order valence-electron chi connectivity index (χ4n) is 5.28. The van der Waals surface area contributed by atoms with Crippen molar-refractivity contribution in [1.82, 2.24) is 9.88 Å². The number of carbonyl (C=O) groups is 1. The lowest BCUT2D eigenvalue weighted by Gasteiger charge is -2.41. The zero-order valence-electron chi connectivity index (χ0n) is 21.4. The number of aliphatic carboxylic acids is 1. The lowest BCUT2D eigenvalue weighted by molar-refractivity contribution is -0.141.